The van der Waals surface area contributed by atoms with Crippen LogP contribution in [-0.4, -0.2) is 12.9 Å². The van der Waals surface area contributed by atoms with E-state index in [1.54, 1.807) is 0 Å². The summed E-state index contributed by atoms with van der Waals surface area (Å²) in [4.78, 5) is 0. The average Bonchev–Trinajstić information content (AvgIpc) is 2.71. The third-order valence-corrected chi connectivity index (χ3v) is 13.4. The van der Waals surface area contributed by atoms with Crippen LogP contribution in [-0.2, 0) is 0 Å². The van der Waals surface area contributed by atoms with Gasteiger partial charge in [-0.3, -0.25) is 0 Å². The topological polar surface area (TPSA) is 0 Å². The zero-order valence-electron chi connectivity index (χ0n) is 15.9. The van der Waals surface area contributed by atoms with Crippen LogP contribution in [0.3, 0.4) is 0 Å². The first kappa shape index (κ1) is 19.1. The highest BCUT2D eigenvalue weighted by molar-refractivity contribution is 7.34. The van der Waals surface area contributed by atoms with Crippen LogP contribution in [0.25, 0.3) is 0 Å². The minimum atomic E-state index is -2.24. The van der Waals surface area contributed by atoms with Gasteiger partial charge in [0.15, 0.2) is 8.07 Å². The Kier molecular flexibility index (Phi) is 6.11. The van der Waals surface area contributed by atoms with Gasteiger partial charge in [0.2, 0.25) is 0 Å². The first-order valence-electron chi connectivity index (χ1n) is 9.64. The molecule has 0 N–H and O–H groups in total. The lowest BCUT2D eigenvalue weighted by molar-refractivity contribution is 0.650. The molecule has 0 fully saturated rings. The molecule has 2 heteroatoms. The van der Waals surface area contributed by atoms with Crippen molar-refractivity contribution < 1.29 is 0 Å². The normalized spacial score (nSPS) is 14.0. The van der Waals surface area contributed by atoms with Crippen molar-refractivity contribution in [2.24, 2.45) is 0 Å². The van der Waals surface area contributed by atoms with Crippen LogP contribution < -0.4 is 15.6 Å². The van der Waals surface area contributed by atoms with Crippen molar-refractivity contribution in [2.75, 3.05) is 0 Å². The molecule has 0 aliphatic rings. The highest BCUT2D eigenvalue weighted by Gasteiger charge is 2.52. The van der Waals surface area contributed by atoms with E-state index >= 15 is 0 Å². The minimum Gasteiger partial charge on any atom is -0.133 e. The van der Waals surface area contributed by atoms with Crippen molar-refractivity contribution >= 4 is 32.9 Å². The van der Waals surface area contributed by atoms with Gasteiger partial charge in [-0.2, -0.15) is 0 Å². The fourth-order valence-corrected chi connectivity index (χ4v) is 12.2. The summed E-state index contributed by atoms with van der Waals surface area (Å²) in [6.07, 6.45) is 3.55. The predicted molar refractivity (Wildman–Crippen MR) is 122 cm³/mol. The molecule has 0 aromatic heterocycles. The molecule has 0 bridgehead atoms. The number of benzene rings is 3. The Morgan fingerprint density at radius 2 is 1.00 bits per heavy atom. The second kappa shape index (κ2) is 8.33. The van der Waals surface area contributed by atoms with Gasteiger partial charge in [-0.15, -0.1) is 9.24 Å². The molecule has 134 valence electrons. The Hall–Kier alpha value is -1.69. The molecule has 0 nitrogen and oxygen atoms in total. The summed E-state index contributed by atoms with van der Waals surface area (Å²) in [5, 5.41) is 4.51. The molecular formula is C24H29PSi. The molecule has 0 saturated carbocycles. The van der Waals surface area contributed by atoms with Gasteiger partial charge in [-0.25, -0.2) is 0 Å². The van der Waals surface area contributed by atoms with Gasteiger partial charge in [0.05, 0.1) is 0 Å². The van der Waals surface area contributed by atoms with E-state index in [1.165, 1.54) is 28.4 Å². The molecule has 3 aromatic rings. The van der Waals surface area contributed by atoms with Crippen LogP contribution in [0.4, 0.5) is 0 Å². The lowest BCUT2D eigenvalue weighted by atomic mass is 10.2. The molecule has 0 spiro atoms. The molecule has 0 aliphatic heterocycles. The van der Waals surface area contributed by atoms with Crippen LogP contribution >= 0.6 is 9.24 Å². The van der Waals surface area contributed by atoms with Crippen LogP contribution in [0.5, 0.6) is 0 Å². The maximum Gasteiger partial charge on any atom is 0.158 e. The van der Waals surface area contributed by atoms with Crippen molar-refractivity contribution in [3.05, 3.63) is 91.0 Å². The van der Waals surface area contributed by atoms with E-state index in [0.29, 0.717) is 0 Å². The van der Waals surface area contributed by atoms with Gasteiger partial charge in [0.1, 0.15) is 0 Å². The summed E-state index contributed by atoms with van der Waals surface area (Å²) in [7, 11) is 1.10. The third-order valence-electron chi connectivity index (χ3n) is 5.69. The Morgan fingerprint density at radius 1 is 0.654 bits per heavy atom. The summed E-state index contributed by atoms with van der Waals surface area (Å²) in [6.45, 7) is 4.67. The monoisotopic (exact) mass is 376 g/mol. The van der Waals surface area contributed by atoms with Gasteiger partial charge < -0.3 is 0 Å². The summed E-state index contributed by atoms with van der Waals surface area (Å²) in [5.41, 5.74) is 0. The highest BCUT2D eigenvalue weighted by Crippen LogP contribution is 2.38. The maximum absolute atomic E-state index is 3.34. The molecule has 26 heavy (non-hydrogen) atoms. The Morgan fingerprint density at radius 3 is 1.27 bits per heavy atom. The zero-order chi connectivity index (χ0) is 18.5. The number of hydrogen-bond donors (Lipinski definition) is 0. The van der Waals surface area contributed by atoms with Crippen molar-refractivity contribution in [3.63, 3.8) is 0 Å². The van der Waals surface area contributed by atoms with Gasteiger partial charge in [0, 0.05) is 0 Å². The zero-order valence-corrected chi connectivity index (χ0v) is 18.0. The summed E-state index contributed by atoms with van der Waals surface area (Å²) in [6, 6.07) is 33.8. The van der Waals surface area contributed by atoms with Gasteiger partial charge in [-0.1, -0.05) is 111 Å². The Balaban J connectivity index is 2.43. The van der Waals surface area contributed by atoms with E-state index in [0.717, 1.165) is 6.42 Å². The van der Waals surface area contributed by atoms with E-state index < -0.39 is 8.07 Å². The Labute approximate surface area is 161 Å². The standard InChI is InChI=1S/C24H29PSi/c1-3-20-24(25,4-2)26(21-14-8-5-9-15-21,22-16-10-6-11-17-22)23-18-12-7-13-19-23/h5-19H,3-4,20,25H2,1-2H3. The third kappa shape index (κ3) is 3.19. The van der Waals surface area contributed by atoms with Gasteiger partial charge in [-0.05, 0) is 33.2 Å². The molecule has 2 unspecified atom stereocenters. The van der Waals surface area contributed by atoms with E-state index in [4.69, 9.17) is 0 Å². The number of hydrogen-bond acceptors (Lipinski definition) is 0. The molecule has 2 atom stereocenters. The van der Waals surface area contributed by atoms with Crippen LogP contribution in [0.15, 0.2) is 91.0 Å². The van der Waals surface area contributed by atoms with Gasteiger partial charge in [0.25, 0.3) is 0 Å². The van der Waals surface area contributed by atoms with Crippen LogP contribution in [0.2, 0.25) is 0 Å². The fraction of sp³-hybridized carbons (Fsp3) is 0.250. The molecule has 0 amide bonds. The van der Waals surface area contributed by atoms with Crippen LogP contribution in [0, 0.1) is 0 Å². The molecule has 0 aliphatic carbocycles. The van der Waals surface area contributed by atoms with Crippen LogP contribution in [0.1, 0.15) is 33.1 Å². The van der Waals surface area contributed by atoms with E-state index in [2.05, 4.69) is 114 Å². The van der Waals surface area contributed by atoms with Crippen molar-refractivity contribution in [1.82, 2.24) is 0 Å². The summed E-state index contributed by atoms with van der Waals surface area (Å²) in [5.74, 6) is 0. The van der Waals surface area contributed by atoms with E-state index in [-0.39, 0.29) is 4.78 Å². The smallest absolute Gasteiger partial charge is 0.133 e. The quantitative estimate of drug-likeness (QED) is 0.323. The molecule has 3 rings (SSSR count). The summed E-state index contributed by atoms with van der Waals surface area (Å²) >= 11 is 0. The van der Waals surface area contributed by atoms with E-state index in [9.17, 15) is 0 Å². The molecular weight excluding hydrogens is 347 g/mol. The molecule has 3 aromatic carbocycles. The summed E-state index contributed by atoms with van der Waals surface area (Å²) < 4.78 is 0.172. The average molecular weight is 377 g/mol. The Bertz CT molecular complexity index is 705. The van der Waals surface area contributed by atoms with Crippen molar-refractivity contribution in [1.29, 1.82) is 0 Å². The van der Waals surface area contributed by atoms with Gasteiger partial charge >= 0.3 is 0 Å². The maximum atomic E-state index is 3.34. The van der Waals surface area contributed by atoms with Crippen molar-refractivity contribution in [2.45, 2.75) is 37.9 Å². The largest absolute Gasteiger partial charge is 0.158 e. The molecule has 0 radical (unpaired) electrons. The second-order valence-corrected chi connectivity index (χ2v) is 13.0. The minimum absolute atomic E-state index is 0.172. The highest BCUT2D eigenvalue weighted by atomic mass is 31.0. The van der Waals surface area contributed by atoms with E-state index in [1.807, 2.05) is 0 Å². The number of rotatable bonds is 7. The second-order valence-electron chi connectivity index (χ2n) is 7.11. The first-order chi connectivity index (χ1) is 12.7. The predicted octanol–water partition coefficient (Wildman–Crippen LogP) is 4.52. The first-order valence-corrected chi connectivity index (χ1v) is 12.2. The lowest BCUT2D eigenvalue weighted by Gasteiger charge is -2.48. The van der Waals surface area contributed by atoms with Crippen molar-refractivity contribution in [3.8, 4) is 0 Å². The molecule has 0 heterocycles. The fourth-order valence-electron chi connectivity index (χ4n) is 4.50. The lowest BCUT2D eigenvalue weighted by Crippen LogP contribution is -2.77. The molecule has 0 saturated heterocycles. The SMILES string of the molecule is CCCC(P)(CC)[Si](c1ccccc1)(c1ccccc1)c1ccccc1.